The lowest BCUT2D eigenvalue weighted by Crippen LogP contribution is -2.41. The fraction of sp³-hybridized carbons (Fsp3) is 0.417. The lowest BCUT2D eigenvalue weighted by molar-refractivity contribution is 0.896. The first-order valence-corrected chi connectivity index (χ1v) is 6.45. The molecule has 0 saturated heterocycles. The molecule has 5 heteroatoms. The molecule has 0 aromatic carbocycles. The maximum Gasteiger partial charge on any atom is 0.0703 e. The maximum atomic E-state index is 8.14. The van der Waals surface area contributed by atoms with Crippen LogP contribution in [0.4, 0.5) is 0 Å². The molecule has 2 aliphatic rings. The molecule has 4 nitrogen and oxygen atoms in total. The summed E-state index contributed by atoms with van der Waals surface area (Å²) in [4.78, 5) is 1.27. The van der Waals surface area contributed by atoms with Crippen molar-refractivity contribution < 1.29 is 0 Å². The van der Waals surface area contributed by atoms with Gasteiger partial charge in [-0.2, -0.15) is 0 Å². The van der Waals surface area contributed by atoms with Crippen LogP contribution in [0, 0.1) is 5.41 Å². The Hall–Kier alpha value is -1.20. The van der Waals surface area contributed by atoms with E-state index in [1.807, 2.05) is 6.92 Å². The van der Waals surface area contributed by atoms with E-state index in [4.69, 9.17) is 22.6 Å². The van der Waals surface area contributed by atoms with Crippen molar-refractivity contribution in [3.05, 3.63) is 33.5 Å². The van der Waals surface area contributed by atoms with Crippen LogP contribution >= 0.6 is 11.8 Å². The van der Waals surface area contributed by atoms with Crippen molar-refractivity contribution in [1.82, 2.24) is 0 Å². The molecule has 92 valence electrons. The quantitative estimate of drug-likeness (QED) is 0.561. The fourth-order valence-electron chi connectivity index (χ4n) is 2.17. The minimum absolute atomic E-state index is 0.195. The second-order valence-corrected chi connectivity index (χ2v) is 5.92. The smallest absolute Gasteiger partial charge is 0.0703 e. The second kappa shape index (κ2) is 4.23. The fourth-order valence-corrected chi connectivity index (χ4v) is 3.38. The predicted molar refractivity (Wildman–Crippen MR) is 73.6 cm³/mol. The Morgan fingerprint density at radius 1 is 1.29 bits per heavy atom. The van der Waals surface area contributed by atoms with Crippen molar-refractivity contribution in [2.75, 3.05) is 0 Å². The Morgan fingerprint density at radius 2 is 1.94 bits per heavy atom. The summed E-state index contributed by atoms with van der Waals surface area (Å²) in [6.07, 6.45) is 3.06. The Balaban J connectivity index is 2.41. The highest BCUT2D eigenvalue weighted by molar-refractivity contribution is 8.04. The Kier molecular flexibility index (Phi) is 3.05. The first-order chi connectivity index (χ1) is 7.93. The van der Waals surface area contributed by atoms with Crippen molar-refractivity contribution in [1.29, 1.82) is 5.41 Å². The first-order valence-electron chi connectivity index (χ1n) is 5.57. The molecule has 7 N–H and O–H groups in total. The summed E-state index contributed by atoms with van der Waals surface area (Å²) in [6.45, 7) is 3.90. The maximum absolute atomic E-state index is 8.14. The standard InChI is InChI=1S/C12H18N4S/c1-5-3-4-7(17-5)8-11(15)9(13)6(2)10(14)12(8)16/h3,7,9,15H,4,13-14,16H2,1-2H3. The van der Waals surface area contributed by atoms with Crippen LogP contribution in [0.2, 0.25) is 0 Å². The molecule has 0 saturated carbocycles. The molecule has 0 aromatic heterocycles. The highest BCUT2D eigenvalue weighted by atomic mass is 32.2. The third-order valence-electron chi connectivity index (χ3n) is 3.34. The number of nitrogens with two attached hydrogens (primary N) is 3. The summed E-state index contributed by atoms with van der Waals surface area (Å²) in [7, 11) is 0. The minimum Gasteiger partial charge on any atom is -0.397 e. The van der Waals surface area contributed by atoms with Crippen LogP contribution < -0.4 is 17.2 Å². The van der Waals surface area contributed by atoms with Crippen molar-refractivity contribution >= 4 is 17.5 Å². The molecule has 1 heterocycles. The third kappa shape index (κ3) is 1.89. The summed E-state index contributed by atoms with van der Waals surface area (Å²) >= 11 is 1.73. The summed E-state index contributed by atoms with van der Waals surface area (Å²) < 4.78 is 0. The normalized spacial score (nSPS) is 30.1. The molecule has 17 heavy (non-hydrogen) atoms. The van der Waals surface area contributed by atoms with E-state index < -0.39 is 6.04 Å². The van der Waals surface area contributed by atoms with Crippen molar-refractivity contribution in [2.24, 2.45) is 17.2 Å². The van der Waals surface area contributed by atoms with Gasteiger partial charge in [0.05, 0.1) is 23.1 Å². The number of rotatable bonds is 1. The van der Waals surface area contributed by atoms with Gasteiger partial charge in [-0.1, -0.05) is 6.08 Å². The lowest BCUT2D eigenvalue weighted by Gasteiger charge is -2.29. The Labute approximate surface area is 106 Å². The molecule has 0 bridgehead atoms. The van der Waals surface area contributed by atoms with E-state index in [9.17, 15) is 0 Å². The molecule has 1 aliphatic heterocycles. The van der Waals surface area contributed by atoms with E-state index in [1.165, 1.54) is 4.91 Å². The van der Waals surface area contributed by atoms with Crippen LogP contribution in [0.5, 0.6) is 0 Å². The molecule has 0 aromatic rings. The average molecular weight is 250 g/mol. The summed E-state index contributed by atoms with van der Waals surface area (Å²) in [5.41, 5.74) is 21.1. The van der Waals surface area contributed by atoms with Gasteiger partial charge in [-0.05, 0) is 30.7 Å². The van der Waals surface area contributed by atoms with Gasteiger partial charge in [-0.3, -0.25) is 0 Å². The topological polar surface area (TPSA) is 102 Å². The molecule has 2 rings (SSSR count). The lowest BCUT2D eigenvalue weighted by atomic mass is 9.86. The van der Waals surface area contributed by atoms with Gasteiger partial charge in [0.1, 0.15) is 0 Å². The highest BCUT2D eigenvalue weighted by Gasteiger charge is 2.33. The average Bonchev–Trinajstić information content (AvgIpc) is 2.71. The molecular formula is C12H18N4S. The number of hydrogen-bond donors (Lipinski definition) is 4. The zero-order chi connectivity index (χ0) is 12.7. The third-order valence-corrected chi connectivity index (χ3v) is 4.59. The van der Waals surface area contributed by atoms with E-state index in [2.05, 4.69) is 13.0 Å². The van der Waals surface area contributed by atoms with Crippen molar-refractivity contribution in [3.8, 4) is 0 Å². The number of thioether (sulfide) groups is 1. The van der Waals surface area contributed by atoms with Gasteiger partial charge in [0, 0.05) is 10.8 Å². The number of nitrogens with one attached hydrogen (secondary N) is 1. The predicted octanol–water partition coefficient (Wildman–Crippen LogP) is 1.20. The largest absolute Gasteiger partial charge is 0.397 e. The van der Waals surface area contributed by atoms with E-state index in [0.29, 0.717) is 17.1 Å². The molecule has 0 radical (unpaired) electrons. The zero-order valence-corrected chi connectivity index (χ0v) is 10.9. The molecule has 2 unspecified atom stereocenters. The van der Waals surface area contributed by atoms with Gasteiger partial charge in [0.2, 0.25) is 0 Å². The van der Waals surface area contributed by atoms with Crippen molar-refractivity contribution in [2.45, 2.75) is 31.6 Å². The van der Waals surface area contributed by atoms with Crippen LogP contribution in [0.3, 0.4) is 0 Å². The van der Waals surface area contributed by atoms with Crippen molar-refractivity contribution in [3.63, 3.8) is 0 Å². The van der Waals surface area contributed by atoms with Gasteiger partial charge in [-0.15, -0.1) is 11.8 Å². The second-order valence-electron chi connectivity index (χ2n) is 4.47. The van der Waals surface area contributed by atoms with Gasteiger partial charge < -0.3 is 22.6 Å². The molecule has 1 aliphatic carbocycles. The molecular weight excluding hydrogens is 232 g/mol. The minimum atomic E-state index is -0.418. The van der Waals surface area contributed by atoms with Gasteiger partial charge >= 0.3 is 0 Å². The van der Waals surface area contributed by atoms with E-state index in [1.54, 1.807) is 11.8 Å². The first kappa shape index (κ1) is 12.3. The number of allylic oxidation sites excluding steroid dienone is 2. The van der Waals surface area contributed by atoms with Gasteiger partial charge in [0.25, 0.3) is 0 Å². The Bertz CT molecular complexity index is 473. The van der Waals surface area contributed by atoms with Crippen LogP contribution in [0.1, 0.15) is 20.3 Å². The van der Waals surface area contributed by atoms with E-state index in [0.717, 1.165) is 17.6 Å². The summed E-state index contributed by atoms with van der Waals surface area (Å²) in [5, 5.41) is 8.34. The van der Waals surface area contributed by atoms with Crippen LogP contribution in [0.25, 0.3) is 0 Å². The Morgan fingerprint density at radius 3 is 2.47 bits per heavy atom. The van der Waals surface area contributed by atoms with E-state index >= 15 is 0 Å². The summed E-state index contributed by atoms with van der Waals surface area (Å²) in [6, 6.07) is -0.418. The van der Waals surface area contributed by atoms with Crippen LogP contribution in [0.15, 0.2) is 33.5 Å². The monoisotopic (exact) mass is 250 g/mol. The zero-order valence-electron chi connectivity index (χ0n) is 10.1. The molecule has 0 amide bonds. The van der Waals surface area contributed by atoms with E-state index in [-0.39, 0.29) is 5.25 Å². The van der Waals surface area contributed by atoms with Gasteiger partial charge in [-0.25, -0.2) is 0 Å². The highest BCUT2D eigenvalue weighted by Crippen LogP contribution is 2.39. The molecule has 0 fully saturated rings. The van der Waals surface area contributed by atoms with Crippen LogP contribution in [-0.4, -0.2) is 17.0 Å². The SMILES string of the molecule is CC1=CCC(C2=C(N)C(N)=C(C)C(N)C2=N)S1. The molecule has 2 atom stereocenters. The number of hydrogen-bond acceptors (Lipinski definition) is 5. The molecule has 0 spiro atoms. The summed E-state index contributed by atoms with van der Waals surface area (Å²) in [5.74, 6) is 0. The van der Waals surface area contributed by atoms with Gasteiger partial charge in [0.15, 0.2) is 0 Å². The van der Waals surface area contributed by atoms with Crippen LogP contribution in [-0.2, 0) is 0 Å².